The Labute approximate surface area is 151 Å². The second-order valence-electron chi connectivity index (χ2n) is 6.43. The zero-order chi connectivity index (χ0) is 18.0. The highest BCUT2D eigenvalue weighted by molar-refractivity contribution is 6.32. The molecule has 1 heterocycles. The van der Waals surface area contributed by atoms with Crippen molar-refractivity contribution in [3.8, 4) is 5.88 Å². The lowest BCUT2D eigenvalue weighted by Gasteiger charge is -2.23. The zero-order valence-corrected chi connectivity index (χ0v) is 15.0. The minimum absolute atomic E-state index is 0.0597. The number of nitrogens with zero attached hydrogens (tertiary/aromatic N) is 2. The molecule has 132 valence electrons. The maximum atomic E-state index is 14.0. The molecule has 1 aliphatic carbocycles. The molecule has 1 fully saturated rings. The quantitative estimate of drug-likeness (QED) is 0.761. The molecule has 0 bridgehead atoms. The number of benzene rings is 1. The Balaban J connectivity index is 1.81. The third kappa shape index (κ3) is 4.28. The topological polar surface area (TPSA) is 42.4 Å². The van der Waals surface area contributed by atoms with Crippen LogP contribution in [0.4, 0.5) is 4.39 Å². The monoisotopic (exact) mass is 362 g/mol. The first kappa shape index (κ1) is 17.7. The van der Waals surface area contributed by atoms with Gasteiger partial charge in [0.2, 0.25) is 5.88 Å². The predicted octanol–water partition coefficient (Wildman–Crippen LogP) is 4.47. The minimum atomic E-state index is -0.308. The van der Waals surface area contributed by atoms with Crippen LogP contribution in [0.1, 0.15) is 42.6 Å². The van der Waals surface area contributed by atoms with Gasteiger partial charge in [0.15, 0.2) is 0 Å². The van der Waals surface area contributed by atoms with E-state index in [0.29, 0.717) is 22.0 Å². The second kappa shape index (κ2) is 7.40. The van der Waals surface area contributed by atoms with Gasteiger partial charge in [0.1, 0.15) is 10.8 Å². The first-order valence-corrected chi connectivity index (χ1v) is 8.70. The van der Waals surface area contributed by atoms with Gasteiger partial charge in [-0.05, 0) is 38.8 Å². The molecule has 0 saturated heterocycles. The van der Waals surface area contributed by atoms with E-state index >= 15 is 0 Å². The summed E-state index contributed by atoms with van der Waals surface area (Å²) in [5.74, 6) is -0.200. The smallest absolute Gasteiger partial charge is 0.256 e. The summed E-state index contributed by atoms with van der Waals surface area (Å²) < 4.78 is 19.4. The van der Waals surface area contributed by atoms with Crippen LogP contribution in [0.5, 0.6) is 5.88 Å². The van der Waals surface area contributed by atoms with Crippen LogP contribution < -0.4 is 4.74 Å². The number of rotatable bonds is 6. The van der Waals surface area contributed by atoms with Gasteiger partial charge in [0, 0.05) is 24.3 Å². The highest BCUT2D eigenvalue weighted by Crippen LogP contribution is 2.31. The Kier molecular flexibility index (Phi) is 5.23. The number of carbonyl (C=O) groups is 1. The third-order valence-electron chi connectivity index (χ3n) is 3.95. The zero-order valence-electron chi connectivity index (χ0n) is 14.2. The van der Waals surface area contributed by atoms with Crippen molar-refractivity contribution in [3.63, 3.8) is 0 Å². The molecule has 25 heavy (non-hydrogen) atoms. The van der Waals surface area contributed by atoms with Gasteiger partial charge in [-0.2, -0.15) is 0 Å². The number of pyridine rings is 1. The molecule has 0 N–H and O–H groups in total. The van der Waals surface area contributed by atoms with Gasteiger partial charge in [-0.25, -0.2) is 9.37 Å². The lowest BCUT2D eigenvalue weighted by atomic mass is 10.1. The van der Waals surface area contributed by atoms with E-state index in [9.17, 15) is 9.18 Å². The van der Waals surface area contributed by atoms with Crippen LogP contribution in [0.2, 0.25) is 5.02 Å². The van der Waals surface area contributed by atoms with Crippen molar-refractivity contribution < 1.29 is 13.9 Å². The summed E-state index contributed by atoms with van der Waals surface area (Å²) in [5.41, 5.74) is 0.880. The van der Waals surface area contributed by atoms with Crippen molar-refractivity contribution in [3.05, 3.63) is 58.5 Å². The van der Waals surface area contributed by atoms with Crippen molar-refractivity contribution in [1.29, 1.82) is 0 Å². The van der Waals surface area contributed by atoms with Gasteiger partial charge in [-0.3, -0.25) is 4.79 Å². The highest BCUT2D eigenvalue weighted by atomic mass is 35.5. The van der Waals surface area contributed by atoms with E-state index in [1.165, 1.54) is 12.3 Å². The summed E-state index contributed by atoms with van der Waals surface area (Å²) in [6, 6.07) is 8.21. The SMILES string of the molecule is CC(C)Oc1ncc(C(=O)N(Cc2ccccc2F)C2CC2)cc1Cl. The maximum absolute atomic E-state index is 14.0. The molecule has 1 saturated carbocycles. The number of carbonyl (C=O) groups excluding carboxylic acids is 1. The van der Waals surface area contributed by atoms with Crippen LogP contribution in [0.25, 0.3) is 0 Å². The highest BCUT2D eigenvalue weighted by Gasteiger charge is 2.34. The summed E-state index contributed by atoms with van der Waals surface area (Å²) in [5, 5.41) is 0.293. The van der Waals surface area contributed by atoms with Crippen molar-refractivity contribution in [2.45, 2.75) is 45.4 Å². The van der Waals surface area contributed by atoms with Gasteiger partial charge in [0.25, 0.3) is 5.91 Å². The largest absolute Gasteiger partial charge is 0.474 e. The van der Waals surface area contributed by atoms with Crippen LogP contribution in [0.15, 0.2) is 36.5 Å². The van der Waals surface area contributed by atoms with E-state index in [-0.39, 0.29) is 30.4 Å². The number of halogens is 2. The van der Waals surface area contributed by atoms with E-state index in [0.717, 1.165) is 12.8 Å². The van der Waals surface area contributed by atoms with Crippen LogP contribution >= 0.6 is 11.6 Å². The van der Waals surface area contributed by atoms with Crippen molar-refractivity contribution >= 4 is 17.5 Å². The maximum Gasteiger partial charge on any atom is 0.256 e. The predicted molar refractivity (Wildman–Crippen MR) is 94.3 cm³/mol. The molecule has 3 rings (SSSR count). The summed E-state index contributed by atoms with van der Waals surface area (Å²) in [7, 11) is 0. The lowest BCUT2D eigenvalue weighted by Crippen LogP contribution is -2.33. The van der Waals surface area contributed by atoms with Gasteiger partial charge < -0.3 is 9.64 Å². The summed E-state index contributed by atoms with van der Waals surface area (Å²) in [6.45, 7) is 3.98. The van der Waals surface area contributed by atoms with Crippen LogP contribution in [-0.2, 0) is 6.54 Å². The van der Waals surface area contributed by atoms with Crippen molar-refractivity contribution in [2.75, 3.05) is 0 Å². The van der Waals surface area contributed by atoms with Crippen LogP contribution in [0.3, 0.4) is 0 Å². The van der Waals surface area contributed by atoms with E-state index < -0.39 is 0 Å². The molecule has 0 aliphatic heterocycles. The molecular weight excluding hydrogens is 343 g/mol. The van der Waals surface area contributed by atoms with E-state index in [1.807, 2.05) is 13.8 Å². The molecule has 0 atom stereocenters. The molecule has 6 heteroatoms. The van der Waals surface area contributed by atoms with E-state index in [4.69, 9.17) is 16.3 Å². The molecule has 1 amide bonds. The number of ether oxygens (including phenoxy) is 1. The Morgan fingerprint density at radius 2 is 2.12 bits per heavy atom. The van der Waals surface area contributed by atoms with Gasteiger partial charge >= 0.3 is 0 Å². The third-order valence-corrected chi connectivity index (χ3v) is 4.22. The Morgan fingerprint density at radius 3 is 2.72 bits per heavy atom. The fourth-order valence-corrected chi connectivity index (χ4v) is 2.79. The number of hydrogen-bond acceptors (Lipinski definition) is 3. The molecule has 0 unspecified atom stereocenters. The van der Waals surface area contributed by atoms with E-state index in [1.54, 1.807) is 29.2 Å². The second-order valence-corrected chi connectivity index (χ2v) is 6.84. The van der Waals surface area contributed by atoms with Gasteiger partial charge in [0.05, 0.1) is 11.7 Å². The van der Waals surface area contributed by atoms with E-state index in [2.05, 4.69) is 4.98 Å². The summed E-state index contributed by atoms with van der Waals surface area (Å²) >= 11 is 6.18. The average Bonchev–Trinajstić information content (AvgIpc) is 3.40. The molecule has 1 aromatic heterocycles. The molecular formula is C19H20ClFN2O2. The van der Waals surface area contributed by atoms with Gasteiger partial charge in [-0.1, -0.05) is 29.8 Å². The average molecular weight is 363 g/mol. The summed E-state index contributed by atoms with van der Waals surface area (Å²) in [4.78, 5) is 18.7. The fraction of sp³-hybridized carbons (Fsp3) is 0.368. The lowest BCUT2D eigenvalue weighted by molar-refractivity contribution is 0.0727. The normalized spacial score (nSPS) is 13.8. The molecule has 1 aliphatic rings. The van der Waals surface area contributed by atoms with Crippen LogP contribution in [-0.4, -0.2) is 27.9 Å². The standard InChI is InChI=1S/C19H20ClFN2O2/c1-12(2)25-18-16(20)9-14(10-22-18)19(24)23(15-7-8-15)11-13-5-3-4-6-17(13)21/h3-6,9-10,12,15H,7-8,11H2,1-2H3. The van der Waals surface area contributed by atoms with Crippen molar-refractivity contribution in [2.24, 2.45) is 0 Å². The molecule has 1 aromatic carbocycles. The molecule has 0 radical (unpaired) electrons. The Morgan fingerprint density at radius 1 is 1.40 bits per heavy atom. The molecule has 2 aromatic rings. The number of amides is 1. The van der Waals surface area contributed by atoms with Gasteiger partial charge in [-0.15, -0.1) is 0 Å². The number of hydrogen-bond donors (Lipinski definition) is 0. The van der Waals surface area contributed by atoms with Crippen LogP contribution in [0, 0.1) is 5.82 Å². The first-order chi connectivity index (χ1) is 12.0. The minimum Gasteiger partial charge on any atom is -0.474 e. The number of aromatic nitrogens is 1. The molecule has 0 spiro atoms. The molecule has 4 nitrogen and oxygen atoms in total. The Bertz CT molecular complexity index is 778. The fourth-order valence-electron chi connectivity index (χ4n) is 2.58. The summed E-state index contributed by atoms with van der Waals surface area (Å²) in [6.07, 6.45) is 3.25. The first-order valence-electron chi connectivity index (χ1n) is 8.32. The Hall–Kier alpha value is -2.14. The van der Waals surface area contributed by atoms with Crippen molar-refractivity contribution in [1.82, 2.24) is 9.88 Å².